The van der Waals surface area contributed by atoms with Gasteiger partial charge in [-0.3, -0.25) is 5.10 Å². The fraction of sp³-hybridized carbons (Fsp3) is 0.769. The van der Waals surface area contributed by atoms with Gasteiger partial charge in [-0.05, 0) is 32.2 Å². The van der Waals surface area contributed by atoms with E-state index in [0.29, 0.717) is 18.0 Å². The molecule has 0 aliphatic rings. The van der Waals surface area contributed by atoms with Gasteiger partial charge < -0.3 is 5.32 Å². The van der Waals surface area contributed by atoms with Crippen molar-refractivity contribution in [3.05, 3.63) is 11.8 Å². The van der Waals surface area contributed by atoms with Gasteiger partial charge in [0.1, 0.15) is 0 Å². The quantitative estimate of drug-likeness (QED) is 0.647. The Hall–Kier alpha value is -0.920. The molecule has 0 radical (unpaired) electrons. The van der Waals surface area contributed by atoms with Crippen molar-refractivity contribution in [2.24, 2.45) is 5.92 Å². The molecule has 0 spiro atoms. The number of sulfonamides is 1. The molecule has 6 nitrogen and oxygen atoms in total. The van der Waals surface area contributed by atoms with Crippen LogP contribution in [-0.2, 0) is 16.6 Å². The molecule has 1 atom stereocenters. The van der Waals surface area contributed by atoms with Crippen LogP contribution in [0.15, 0.2) is 11.2 Å². The molecule has 0 bridgehead atoms. The molecule has 0 amide bonds. The summed E-state index contributed by atoms with van der Waals surface area (Å²) in [6, 6.07) is -0.0855. The smallest absolute Gasteiger partial charge is 0.258 e. The Morgan fingerprint density at radius 1 is 1.30 bits per heavy atom. The Labute approximate surface area is 121 Å². The van der Waals surface area contributed by atoms with Gasteiger partial charge in [0.05, 0.1) is 6.20 Å². The van der Waals surface area contributed by atoms with Gasteiger partial charge in [0.2, 0.25) is 0 Å². The van der Waals surface area contributed by atoms with Crippen molar-refractivity contribution in [3.8, 4) is 0 Å². The van der Waals surface area contributed by atoms with Gasteiger partial charge in [0.15, 0.2) is 5.03 Å². The summed E-state index contributed by atoms with van der Waals surface area (Å²) < 4.78 is 27.3. The van der Waals surface area contributed by atoms with Gasteiger partial charge >= 0.3 is 0 Å². The molecule has 7 heteroatoms. The molecule has 20 heavy (non-hydrogen) atoms. The lowest BCUT2D eigenvalue weighted by Gasteiger charge is -2.15. The normalized spacial score (nSPS) is 13.8. The lowest BCUT2D eigenvalue weighted by atomic mass is 10.1. The number of rotatable bonds is 9. The lowest BCUT2D eigenvalue weighted by molar-refractivity contribution is 0.484. The molecule has 3 N–H and O–H groups in total. The zero-order valence-electron chi connectivity index (χ0n) is 12.7. The minimum atomic E-state index is -3.53. The molecule has 1 unspecified atom stereocenters. The molecule has 1 aromatic heterocycles. The second-order valence-electron chi connectivity index (χ2n) is 5.50. The Morgan fingerprint density at radius 3 is 2.60 bits per heavy atom. The highest BCUT2D eigenvalue weighted by Gasteiger charge is 2.22. The van der Waals surface area contributed by atoms with E-state index in [2.05, 4.69) is 34.1 Å². The summed E-state index contributed by atoms with van der Waals surface area (Å²) in [6.07, 6.45) is 3.38. The SMILES string of the molecule is CCNCc1cn[nH]c1S(=O)(=O)NC(C)CCC(C)C. The average Bonchev–Trinajstić information content (AvgIpc) is 2.82. The van der Waals surface area contributed by atoms with Crippen LogP contribution in [0.3, 0.4) is 0 Å². The van der Waals surface area contributed by atoms with Crippen LogP contribution in [0.4, 0.5) is 0 Å². The number of aromatic nitrogens is 2. The maximum Gasteiger partial charge on any atom is 0.258 e. The molecule has 1 heterocycles. The van der Waals surface area contributed by atoms with E-state index in [1.807, 2.05) is 13.8 Å². The highest BCUT2D eigenvalue weighted by molar-refractivity contribution is 7.89. The van der Waals surface area contributed by atoms with Gasteiger partial charge in [-0.1, -0.05) is 20.8 Å². The van der Waals surface area contributed by atoms with Crippen LogP contribution in [0.25, 0.3) is 0 Å². The number of aromatic amines is 1. The van der Waals surface area contributed by atoms with Gasteiger partial charge in [-0.2, -0.15) is 5.10 Å². The van der Waals surface area contributed by atoms with Crippen molar-refractivity contribution in [2.45, 2.75) is 58.1 Å². The number of nitrogens with zero attached hydrogens (tertiary/aromatic N) is 1. The third-order valence-electron chi connectivity index (χ3n) is 3.05. The van der Waals surface area contributed by atoms with E-state index in [1.54, 1.807) is 6.20 Å². The third kappa shape index (κ3) is 5.22. The summed E-state index contributed by atoms with van der Waals surface area (Å²) in [4.78, 5) is 0. The van der Waals surface area contributed by atoms with Crippen LogP contribution >= 0.6 is 0 Å². The summed E-state index contributed by atoms with van der Waals surface area (Å²) in [5.74, 6) is 0.568. The van der Waals surface area contributed by atoms with Crippen molar-refractivity contribution >= 4 is 10.0 Å². The number of nitrogens with one attached hydrogen (secondary N) is 3. The van der Waals surface area contributed by atoms with E-state index in [1.165, 1.54) is 0 Å². The van der Waals surface area contributed by atoms with Gasteiger partial charge in [0, 0.05) is 18.2 Å². The minimum absolute atomic E-state index is 0.0855. The van der Waals surface area contributed by atoms with Gasteiger partial charge in [0.25, 0.3) is 10.0 Å². The number of hydrogen-bond donors (Lipinski definition) is 3. The second-order valence-corrected chi connectivity index (χ2v) is 7.15. The molecule has 116 valence electrons. The summed E-state index contributed by atoms with van der Waals surface area (Å²) in [7, 11) is -3.53. The highest BCUT2D eigenvalue weighted by Crippen LogP contribution is 2.14. The van der Waals surface area contributed by atoms with Crippen LogP contribution in [0, 0.1) is 5.92 Å². The average molecular weight is 302 g/mol. The maximum atomic E-state index is 12.3. The molecule has 0 aliphatic heterocycles. The van der Waals surface area contributed by atoms with E-state index in [9.17, 15) is 8.42 Å². The van der Waals surface area contributed by atoms with Crippen molar-refractivity contribution in [1.29, 1.82) is 0 Å². The maximum absolute atomic E-state index is 12.3. The molecule has 1 aromatic rings. The van der Waals surface area contributed by atoms with Crippen molar-refractivity contribution in [1.82, 2.24) is 20.2 Å². The van der Waals surface area contributed by atoms with E-state index < -0.39 is 10.0 Å². The monoisotopic (exact) mass is 302 g/mol. The molecule has 0 aliphatic carbocycles. The van der Waals surface area contributed by atoms with Crippen LogP contribution in [0.5, 0.6) is 0 Å². The van der Waals surface area contributed by atoms with E-state index in [4.69, 9.17) is 0 Å². The fourth-order valence-electron chi connectivity index (χ4n) is 1.88. The van der Waals surface area contributed by atoms with Crippen LogP contribution < -0.4 is 10.0 Å². The minimum Gasteiger partial charge on any atom is -0.313 e. The summed E-state index contributed by atoms with van der Waals surface area (Å²) in [6.45, 7) is 9.39. The van der Waals surface area contributed by atoms with Crippen molar-refractivity contribution in [2.75, 3.05) is 6.54 Å². The summed E-state index contributed by atoms with van der Waals surface area (Å²) >= 11 is 0. The van der Waals surface area contributed by atoms with E-state index in [0.717, 1.165) is 19.4 Å². The van der Waals surface area contributed by atoms with E-state index >= 15 is 0 Å². The second kappa shape index (κ2) is 7.75. The lowest BCUT2D eigenvalue weighted by Crippen LogP contribution is -2.33. The molecule has 0 fully saturated rings. The van der Waals surface area contributed by atoms with Gasteiger partial charge in [-0.25, -0.2) is 13.1 Å². The predicted octanol–water partition coefficient (Wildman–Crippen LogP) is 1.62. The highest BCUT2D eigenvalue weighted by atomic mass is 32.2. The van der Waals surface area contributed by atoms with Crippen LogP contribution in [0.1, 0.15) is 46.1 Å². The topological polar surface area (TPSA) is 86.9 Å². The predicted molar refractivity (Wildman–Crippen MR) is 79.8 cm³/mol. The Kier molecular flexibility index (Phi) is 6.64. The van der Waals surface area contributed by atoms with E-state index in [-0.39, 0.29) is 11.1 Å². The standard InChI is InChI=1S/C13H26N4O2S/c1-5-14-8-12-9-15-16-13(12)20(18,19)17-11(4)7-6-10(2)3/h9-11,14,17H,5-8H2,1-4H3,(H,15,16). The van der Waals surface area contributed by atoms with Crippen LogP contribution in [0.2, 0.25) is 0 Å². The fourth-order valence-corrected chi connectivity index (χ4v) is 3.29. The van der Waals surface area contributed by atoms with Gasteiger partial charge in [-0.15, -0.1) is 0 Å². The third-order valence-corrected chi connectivity index (χ3v) is 4.65. The first-order chi connectivity index (χ1) is 9.36. The largest absolute Gasteiger partial charge is 0.313 e. The Bertz CT molecular complexity index is 496. The Balaban J connectivity index is 2.71. The summed E-state index contributed by atoms with van der Waals surface area (Å²) in [5, 5.41) is 9.69. The first-order valence-electron chi connectivity index (χ1n) is 7.12. The Morgan fingerprint density at radius 2 is 2.00 bits per heavy atom. The number of H-pyrrole nitrogens is 1. The zero-order chi connectivity index (χ0) is 15.2. The number of hydrogen-bond acceptors (Lipinski definition) is 4. The summed E-state index contributed by atoms with van der Waals surface area (Å²) in [5.41, 5.74) is 0.662. The zero-order valence-corrected chi connectivity index (χ0v) is 13.5. The van der Waals surface area contributed by atoms with Crippen LogP contribution in [-0.4, -0.2) is 31.2 Å². The molecular formula is C13H26N4O2S. The first-order valence-corrected chi connectivity index (χ1v) is 8.60. The van der Waals surface area contributed by atoms with Crippen molar-refractivity contribution < 1.29 is 8.42 Å². The molecule has 0 saturated heterocycles. The molecule has 0 saturated carbocycles. The molecule has 1 rings (SSSR count). The first kappa shape index (κ1) is 17.1. The van der Waals surface area contributed by atoms with Crippen molar-refractivity contribution in [3.63, 3.8) is 0 Å². The molecular weight excluding hydrogens is 276 g/mol. The molecule has 0 aromatic carbocycles.